The second-order valence-corrected chi connectivity index (χ2v) is 5.21. The minimum atomic E-state index is -0.335. The summed E-state index contributed by atoms with van der Waals surface area (Å²) in [4.78, 5) is 16.6. The van der Waals surface area contributed by atoms with Gasteiger partial charge in [-0.2, -0.15) is 0 Å². The van der Waals surface area contributed by atoms with Crippen LogP contribution in [0.5, 0.6) is 5.88 Å². The van der Waals surface area contributed by atoms with Gasteiger partial charge < -0.3 is 19.2 Å². The van der Waals surface area contributed by atoms with Crippen molar-refractivity contribution < 1.29 is 18.7 Å². The maximum atomic E-state index is 12.5. The molecule has 2 heterocycles. The van der Waals surface area contributed by atoms with Gasteiger partial charge in [0.25, 0.3) is 5.91 Å². The van der Waals surface area contributed by atoms with Gasteiger partial charge in [-0.15, -0.1) is 0 Å². The van der Waals surface area contributed by atoms with Crippen molar-refractivity contribution in [2.75, 3.05) is 25.6 Å². The summed E-state index contributed by atoms with van der Waals surface area (Å²) in [5, 5.41) is 2.77. The van der Waals surface area contributed by atoms with E-state index in [9.17, 15) is 4.79 Å². The van der Waals surface area contributed by atoms with Crippen molar-refractivity contribution in [1.29, 1.82) is 0 Å². The van der Waals surface area contributed by atoms with E-state index in [4.69, 9.17) is 13.9 Å². The van der Waals surface area contributed by atoms with Crippen LogP contribution in [0, 0.1) is 0 Å². The van der Waals surface area contributed by atoms with E-state index in [-0.39, 0.29) is 11.7 Å². The molecular weight excluding hydrogens is 320 g/mol. The molecule has 1 N–H and O–H groups in total. The molecule has 128 valence electrons. The van der Waals surface area contributed by atoms with Crippen molar-refractivity contribution in [1.82, 2.24) is 4.98 Å². The summed E-state index contributed by atoms with van der Waals surface area (Å²) < 4.78 is 15.7. The molecule has 6 heteroatoms. The third-order valence-electron chi connectivity index (χ3n) is 3.49. The van der Waals surface area contributed by atoms with Gasteiger partial charge in [-0.1, -0.05) is 30.3 Å². The highest BCUT2D eigenvalue weighted by Gasteiger charge is 2.17. The second-order valence-electron chi connectivity index (χ2n) is 5.21. The van der Waals surface area contributed by atoms with E-state index in [1.165, 1.54) is 12.5 Å². The van der Waals surface area contributed by atoms with Crippen LogP contribution >= 0.6 is 0 Å². The predicted molar refractivity (Wildman–Crippen MR) is 93.7 cm³/mol. The molecule has 0 aliphatic carbocycles. The number of carbonyl (C=O) groups excluding carboxylic acids is 1. The lowest BCUT2D eigenvalue weighted by Crippen LogP contribution is -2.12. The van der Waals surface area contributed by atoms with Crippen LogP contribution in [0.2, 0.25) is 0 Å². The van der Waals surface area contributed by atoms with Crippen LogP contribution in [0.15, 0.2) is 65.4 Å². The number of furan rings is 1. The molecule has 6 nitrogen and oxygen atoms in total. The number of carbonyl (C=O) groups is 1. The van der Waals surface area contributed by atoms with E-state index in [1.54, 1.807) is 25.3 Å². The molecule has 2 aromatic heterocycles. The average Bonchev–Trinajstić information content (AvgIpc) is 3.14. The predicted octanol–water partition coefficient (Wildman–Crippen LogP) is 3.62. The minimum absolute atomic E-state index is 0.256. The monoisotopic (exact) mass is 338 g/mol. The lowest BCUT2D eigenvalue weighted by atomic mass is 10.1. The van der Waals surface area contributed by atoms with Gasteiger partial charge in [-0.25, -0.2) is 4.98 Å². The highest BCUT2D eigenvalue weighted by Crippen LogP contribution is 2.25. The molecule has 3 aromatic rings. The first-order valence-electron chi connectivity index (χ1n) is 7.80. The number of benzene rings is 1. The third-order valence-corrected chi connectivity index (χ3v) is 3.49. The van der Waals surface area contributed by atoms with Crippen molar-refractivity contribution in [3.8, 4) is 17.0 Å². The molecule has 0 radical (unpaired) electrons. The van der Waals surface area contributed by atoms with E-state index in [0.29, 0.717) is 24.8 Å². The Morgan fingerprint density at radius 2 is 1.96 bits per heavy atom. The summed E-state index contributed by atoms with van der Waals surface area (Å²) in [5.74, 6) is 0.392. The maximum absolute atomic E-state index is 12.5. The van der Waals surface area contributed by atoms with Crippen LogP contribution in [0.3, 0.4) is 0 Å². The molecule has 0 spiro atoms. The number of amides is 1. The van der Waals surface area contributed by atoms with Crippen molar-refractivity contribution >= 4 is 11.6 Å². The van der Waals surface area contributed by atoms with Gasteiger partial charge in [-0.3, -0.25) is 4.79 Å². The molecule has 0 saturated carbocycles. The molecule has 3 rings (SSSR count). The number of hydrogen-bond acceptors (Lipinski definition) is 5. The van der Waals surface area contributed by atoms with Crippen molar-refractivity contribution in [3.63, 3.8) is 0 Å². The van der Waals surface area contributed by atoms with Gasteiger partial charge >= 0.3 is 0 Å². The largest absolute Gasteiger partial charge is 0.475 e. The Labute approximate surface area is 145 Å². The van der Waals surface area contributed by atoms with Crippen molar-refractivity contribution in [3.05, 3.63) is 66.8 Å². The molecule has 0 fully saturated rings. The smallest absolute Gasteiger partial charge is 0.292 e. The highest BCUT2D eigenvalue weighted by atomic mass is 16.5. The van der Waals surface area contributed by atoms with E-state index >= 15 is 0 Å². The Morgan fingerprint density at radius 1 is 1.12 bits per heavy atom. The van der Waals surface area contributed by atoms with Crippen LogP contribution in [-0.2, 0) is 4.74 Å². The normalized spacial score (nSPS) is 10.4. The standard InChI is InChI=1S/C19H18N2O4/c1-23-11-12-24-17-8-7-15(13-20-17)21-19(22)18-16(9-10-25-18)14-5-3-2-4-6-14/h2-10,13H,11-12H2,1H3,(H,21,22). The number of anilines is 1. The minimum Gasteiger partial charge on any atom is -0.475 e. The van der Waals surface area contributed by atoms with Gasteiger partial charge in [0.05, 0.1) is 24.8 Å². The van der Waals surface area contributed by atoms with Crippen LogP contribution in [-0.4, -0.2) is 31.2 Å². The molecule has 0 saturated heterocycles. The van der Waals surface area contributed by atoms with Crippen LogP contribution < -0.4 is 10.1 Å². The first-order valence-corrected chi connectivity index (χ1v) is 7.80. The quantitative estimate of drug-likeness (QED) is 0.666. The second kappa shape index (κ2) is 8.12. The van der Waals surface area contributed by atoms with Crippen LogP contribution in [0.25, 0.3) is 11.1 Å². The first-order chi connectivity index (χ1) is 12.3. The van der Waals surface area contributed by atoms with Crippen molar-refractivity contribution in [2.24, 2.45) is 0 Å². The molecule has 0 atom stereocenters. The van der Waals surface area contributed by atoms with Gasteiger partial charge in [0.15, 0.2) is 5.76 Å². The van der Waals surface area contributed by atoms with Crippen LogP contribution in [0.1, 0.15) is 10.6 Å². The molecular formula is C19H18N2O4. The van der Waals surface area contributed by atoms with Gasteiger partial charge in [-0.05, 0) is 17.7 Å². The summed E-state index contributed by atoms with van der Waals surface area (Å²) in [6.45, 7) is 0.906. The average molecular weight is 338 g/mol. The summed E-state index contributed by atoms with van der Waals surface area (Å²) in [7, 11) is 1.60. The van der Waals surface area contributed by atoms with Gasteiger partial charge in [0.1, 0.15) is 6.61 Å². The Balaban J connectivity index is 1.68. The lowest BCUT2D eigenvalue weighted by molar-refractivity contribution is 0.0997. The molecule has 0 aliphatic heterocycles. The first kappa shape index (κ1) is 16.7. The van der Waals surface area contributed by atoms with E-state index in [2.05, 4.69) is 10.3 Å². The number of hydrogen-bond donors (Lipinski definition) is 1. The molecule has 25 heavy (non-hydrogen) atoms. The number of pyridine rings is 1. The van der Waals surface area contributed by atoms with E-state index < -0.39 is 0 Å². The highest BCUT2D eigenvalue weighted by molar-refractivity contribution is 6.06. The fourth-order valence-electron chi connectivity index (χ4n) is 2.29. The Hall–Kier alpha value is -3.12. The van der Waals surface area contributed by atoms with Gasteiger partial charge in [0, 0.05) is 18.7 Å². The number of ether oxygens (including phenoxy) is 2. The zero-order valence-corrected chi connectivity index (χ0v) is 13.8. The Bertz CT molecular complexity index is 813. The zero-order chi connectivity index (χ0) is 17.5. The molecule has 0 bridgehead atoms. The molecule has 1 aromatic carbocycles. The fourth-order valence-corrected chi connectivity index (χ4v) is 2.29. The van der Waals surface area contributed by atoms with Gasteiger partial charge in [0.2, 0.25) is 5.88 Å². The Morgan fingerprint density at radius 3 is 2.68 bits per heavy atom. The van der Waals surface area contributed by atoms with Crippen LogP contribution in [0.4, 0.5) is 5.69 Å². The summed E-state index contributed by atoms with van der Waals surface area (Å²) >= 11 is 0. The molecule has 0 unspecified atom stereocenters. The number of methoxy groups -OCH3 is 1. The van der Waals surface area contributed by atoms with Crippen molar-refractivity contribution in [2.45, 2.75) is 0 Å². The Kier molecular flexibility index (Phi) is 5.43. The summed E-state index contributed by atoms with van der Waals surface area (Å²) in [5.41, 5.74) is 2.21. The lowest BCUT2D eigenvalue weighted by Gasteiger charge is -2.07. The number of nitrogens with one attached hydrogen (secondary N) is 1. The summed E-state index contributed by atoms with van der Waals surface area (Å²) in [6, 6.07) is 14.8. The zero-order valence-electron chi connectivity index (χ0n) is 13.8. The molecule has 0 aliphatic rings. The fraction of sp³-hybridized carbons (Fsp3) is 0.158. The SMILES string of the molecule is COCCOc1ccc(NC(=O)c2occc2-c2ccccc2)cn1. The maximum Gasteiger partial charge on any atom is 0.292 e. The van der Waals surface area contributed by atoms with E-state index in [0.717, 1.165) is 11.1 Å². The summed E-state index contributed by atoms with van der Waals surface area (Å²) in [6.07, 6.45) is 3.04. The number of rotatable bonds is 7. The topological polar surface area (TPSA) is 73.6 Å². The molecule has 1 amide bonds. The van der Waals surface area contributed by atoms with E-state index in [1.807, 2.05) is 30.3 Å². The number of aromatic nitrogens is 1. The number of nitrogens with zero attached hydrogens (tertiary/aromatic N) is 1. The third kappa shape index (κ3) is 4.24.